The van der Waals surface area contributed by atoms with Gasteiger partial charge in [0.25, 0.3) is 0 Å². The third-order valence-corrected chi connectivity index (χ3v) is 3.11. The summed E-state index contributed by atoms with van der Waals surface area (Å²) in [5.74, 6) is 0. The minimum absolute atomic E-state index is 1.32. The van der Waals surface area contributed by atoms with Crippen molar-refractivity contribution in [1.82, 2.24) is 4.98 Å². The Morgan fingerprint density at radius 2 is 2.00 bits per heavy atom. The summed E-state index contributed by atoms with van der Waals surface area (Å²) in [7, 11) is 0. The van der Waals surface area contributed by atoms with Crippen LogP contribution in [0.4, 0.5) is 0 Å². The second-order valence-electron chi connectivity index (χ2n) is 2.98. The van der Waals surface area contributed by atoms with E-state index >= 15 is 0 Å². The van der Waals surface area contributed by atoms with E-state index in [2.05, 4.69) is 36.5 Å². The van der Waals surface area contributed by atoms with Crippen LogP contribution in [0.15, 0.2) is 23.8 Å². The lowest BCUT2D eigenvalue weighted by atomic mass is 10.1. The highest BCUT2D eigenvalue weighted by molar-refractivity contribution is 7.13. The van der Waals surface area contributed by atoms with E-state index in [1.54, 1.807) is 11.3 Å². The van der Waals surface area contributed by atoms with Crippen molar-refractivity contribution in [2.45, 2.75) is 13.8 Å². The van der Waals surface area contributed by atoms with Gasteiger partial charge in [0.05, 0.1) is 0 Å². The second kappa shape index (κ2) is 2.79. The third-order valence-electron chi connectivity index (χ3n) is 2.06. The summed E-state index contributed by atoms with van der Waals surface area (Å²) >= 11 is 1.80. The van der Waals surface area contributed by atoms with Crippen molar-refractivity contribution in [3.63, 3.8) is 0 Å². The summed E-state index contributed by atoms with van der Waals surface area (Å²) in [4.78, 5) is 4.50. The molecule has 0 amide bonds. The average Bonchev–Trinajstić information content (AvgIpc) is 2.59. The van der Waals surface area contributed by atoms with E-state index < -0.39 is 0 Å². The summed E-state index contributed by atoms with van der Waals surface area (Å²) in [5, 5.41) is 2.14. The normalized spacial score (nSPS) is 10.5. The molecule has 2 heterocycles. The fourth-order valence-electron chi connectivity index (χ4n) is 1.33. The quantitative estimate of drug-likeness (QED) is 0.687. The molecular formula is C10H11NS. The highest BCUT2D eigenvalue weighted by Crippen LogP contribution is 2.30. The predicted octanol–water partition coefficient (Wildman–Crippen LogP) is 3.36. The Morgan fingerprint density at radius 3 is 2.50 bits per heavy atom. The summed E-state index contributed by atoms with van der Waals surface area (Å²) in [5.41, 5.74) is 4.02. The number of hydrogen-bond acceptors (Lipinski definition) is 1. The van der Waals surface area contributed by atoms with Crippen LogP contribution in [0.5, 0.6) is 0 Å². The van der Waals surface area contributed by atoms with Crippen LogP contribution in [0.3, 0.4) is 0 Å². The molecule has 2 aromatic rings. The molecule has 0 saturated carbocycles. The molecule has 0 aliphatic carbocycles. The lowest BCUT2D eigenvalue weighted by molar-refractivity contribution is 1.39. The van der Waals surface area contributed by atoms with Gasteiger partial charge in [0.2, 0.25) is 0 Å². The Bertz CT molecular complexity index is 346. The first-order chi connectivity index (χ1) is 5.79. The Hall–Kier alpha value is -1.02. The largest absolute Gasteiger partial charge is 0.367 e. The molecule has 2 heteroatoms. The van der Waals surface area contributed by atoms with Crippen molar-refractivity contribution in [3.05, 3.63) is 35.0 Å². The number of aromatic nitrogens is 1. The minimum Gasteiger partial charge on any atom is -0.367 e. The predicted molar refractivity (Wildman–Crippen MR) is 53.6 cm³/mol. The van der Waals surface area contributed by atoms with Gasteiger partial charge in [0, 0.05) is 22.8 Å². The van der Waals surface area contributed by atoms with Gasteiger partial charge in [0.15, 0.2) is 0 Å². The fraction of sp³-hybridized carbons (Fsp3) is 0.200. The molecule has 12 heavy (non-hydrogen) atoms. The number of aromatic amines is 1. The summed E-state index contributed by atoms with van der Waals surface area (Å²) in [6, 6.07) is 2.16. The lowest BCUT2D eigenvalue weighted by Crippen LogP contribution is -1.73. The first kappa shape index (κ1) is 7.62. The molecule has 1 N–H and O–H groups in total. The van der Waals surface area contributed by atoms with Crippen LogP contribution in [0.25, 0.3) is 10.4 Å². The van der Waals surface area contributed by atoms with E-state index in [1.165, 1.54) is 21.6 Å². The van der Waals surface area contributed by atoms with Crippen LogP contribution in [-0.2, 0) is 0 Å². The molecule has 0 aliphatic heterocycles. The van der Waals surface area contributed by atoms with E-state index in [0.717, 1.165) is 0 Å². The Kier molecular flexibility index (Phi) is 1.77. The highest BCUT2D eigenvalue weighted by Gasteiger charge is 2.05. The standard InChI is InChI=1S/C10H11NS/c1-7-3-4-12-10(7)9-6-11-5-8(9)2/h3-6,11H,1-2H3. The molecule has 0 atom stereocenters. The Labute approximate surface area is 76.1 Å². The van der Waals surface area contributed by atoms with Crippen molar-refractivity contribution in [1.29, 1.82) is 0 Å². The molecule has 0 spiro atoms. The zero-order valence-electron chi connectivity index (χ0n) is 7.22. The van der Waals surface area contributed by atoms with E-state index in [-0.39, 0.29) is 0 Å². The zero-order chi connectivity index (χ0) is 8.55. The Balaban J connectivity index is 2.57. The van der Waals surface area contributed by atoms with Crippen molar-refractivity contribution < 1.29 is 0 Å². The smallest absolute Gasteiger partial charge is 0.0389 e. The van der Waals surface area contributed by atoms with Crippen LogP contribution >= 0.6 is 11.3 Å². The van der Waals surface area contributed by atoms with E-state index in [9.17, 15) is 0 Å². The first-order valence-electron chi connectivity index (χ1n) is 3.97. The van der Waals surface area contributed by atoms with Crippen molar-refractivity contribution in [2.75, 3.05) is 0 Å². The Morgan fingerprint density at radius 1 is 1.17 bits per heavy atom. The number of aryl methyl sites for hydroxylation is 2. The summed E-state index contributed by atoms with van der Waals surface area (Å²) < 4.78 is 0. The van der Waals surface area contributed by atoms with Gasteiger partial charge in [-0.15, -0.1) is 11.3 Å². The van der Waals surface area contributed by atoms with E-state index in [0.29, 0.717) is 0 Å². The SMILES string of the molecule is Cc1c[nH]cc1-c1sccc1C. The summed E-state index contributed by atoms with van der Waals surface area (Å²) in [6.07, 6.45) is 4.10. The van der Waals surface area contributed by atoms with Gasteiger partial charge in [-0.05, 0) is 36.4 Å². The van der Waals surface area contributed by atoms with Gasteiger partial charge in [-0.1, -0.05) is 0 Å². The molecule has 0 aromatic carbocycles. The van der Waals surface area contributed by atoms with Crippen LogP contribution < -0.4 is 0 Å². The van der Waals surface area contributed by atoms with Crippen molar-refractivity contribution in [2.24, 2.45) is 0 Å². The molecular weight excluding hydrogens is 166 g/mol. The highest BCUT2D eigenvalue weighted by atomic mass is 32.1. The fourth-order valence-corrected chi connectivity index (χ4v) is 2.34. The van der Waals surface area contributed by atoms with Crippen LogP contribution in [-0.4, -0.2) is 4.98 Å². The minimum atomic E-state index is 1.32. The number of thiophene rings is 1. The molecule has 0 unspecified atom stereocenters. The van der Waals surface area contributed by atoms with Gasteiger partial charge in [0.1, 0.15) is 0 Å². The molecule has 0 bridgehead atoms. The zero-order valence-corrected chi connectivity index (χ0v) is 8.03. The molecule has 1 nitrogen and oxygen atoms in total. The molecule has 0 fully saturated rings. The molecule has 2 rings (SSSR count). The number of rotatable bonds is 1. The maximum absolute atomic E-state index is 3.12. The van der Waals surface area contributed by atoms with Gasteiger partial charge >= 0.3 is 0 Å². The first-order valence-corrected chi connectivity index (χ1v) is 4.85. The van der Waals surface area contributed by atoms with Crippen molar-refractivity contribution in [3.8, 4) is 10.4 Å². The number of hydrogen-bond donors (Lipinski definition) is 1. The van der Waals surface area contributed by atoms with Gasteiger partial charge < -0.3 is 4.98 Å². The second-order valence-corrected chi connectivity index (χ2v) is 3.90. The molecule has 0 aliphatic rings. The van der Waals surface area contributed by atoms with Crippen LogP contribution in [0.2, 0.25) is 0 Å². The summed E-state index contributed by atoms with van der Waals surface area (Å²) in [6.45, 7) is 4.28. The van der Waals surface area contributed by atoms with E-state index in [1.807, 2.05) is 6.20 Å². The van der Waals surface area contributed by atoms with Gasteiger partial charge in [-0.3, -0.25) is 0 Å². The van der Waals surface area contributed by atoms with Gasteiger partial charge in [-0.25, -0.2) is 0 Å². The van der Waals surface area contributed by atoms with Crippen LogP contribution in [0.1, 0.15) is 11.1 Å². The monoisotopic (exact) mass is 177 g/mol. The molecule has 0 radical (unpaired) electrons. The molecule has 62 valence electrons. The van der Waals surface area contributed by atoms with Crippen molar-refractivity contribution >= 4 is 11.3 Å². The topological polar surface area (TPSA) is 15.8 Å². The average molecular weight is 177 g/mol. The van der Waals surface area contributed by atoms with E-state index in [4.69, 9.17) is 0 Å². The third kappa shape index (κ3) is 1.08. The number of nitrogens with one attached hydrogen (secondary N) is 1. The lowest BCUT2D eigenvalue weighted by Gasteiger charge is -1.96. The molecule has 0 saturated heterocycles. The maximum Gasteiger partial charge on any atom is 0.0389 e. The maximum atomic E-state index is 3.12. The molecule has 2 aromatic heterocycles. The van der Waals surface area contributed by atoms with Crippen LogP contribution in [0, 0.1) is 13.8 Å². The van der Waals surface area contributed by atoms with Gasteiger partial charge in [-0.2, -0.15) is 0 Å². The number of H-pyrrole nitrogens is 1.